The number of likely N-dealkylation sites (N-methyl/N-ethyl adjacent to an activating group) is 1. The molecule has 7 atom stereocenters. The van der Waals surface area contributed by atoms with E-state index in [0.29, 0.717) is 23.7 Å². The molecule has 3 heterocycles. The fourth-order valence-corrected chi connectivity index (χ4v) is 7.32. The van der Waals surface area contributed by atoms with Gasteiger partial charge < -0.3 is 44.4 Å². The van der Waals surface area contributed by atoms with Crippen LogP contribution in [-0.4, -0.2) is 111 Å². The fourth-order valence-electron chi connectivity index (χ4n) is 5.66. The van der Waals surface area contributed by atoms with Crippen LogP contribution in [-0.2, 0) is 24.3 Å². The van der Waals surface area contributed by atoms with Gasteiger partial charge in [-0.25, -0.2) is 8.42 Å². The number of nitrogens with zero attached hydrogens (tertiary/aromatic N) is 3. The van der Waals surface area contributed by atoms with Gasteiger partial charge in [-0.05, 0) is 43.3 Å². The SMILES string of the molecule is COc1ccc2c(c1)N(C)CC(C)N2S(=O)(=O)c1ccc(N2CCC(O[C@@H]3[C@@H](O)[C@@H](O)O[C@H](CO)[C@H]3O)C2=O)cc1. The molecular formula is C27H35N3O10S. The Hall–Kier alpha value is -2.98. The van der Waals surface area contributed by atoms with Crippen LogP contribution in [0.15, 0.2) is 47.4 Å². The van der Waals surface area contributed by atoms with Crippen molar-refractivity contribution >= 4 is 33.0 Å². The third kappa shape index (κ3) is 5.25. The van der Waals surface area contributed by atoms with Crippen LogP contribution in [0.25, 0.3) is 0 Å². The number of aliphatic hydroxyl groups is 4. The quantitative estimate of drug-likeness (QED) is 0.331. The maximum Gasteiger partial charge on any atom is 0.264 e. The smallest absolute Gasteiger partial charge is 0.264 e. The Kier molecular flexibility index (Phi) is 8.18. The summed E-state index contributed by atoms with van der Waals surface area (Å²) in [6.07, 6.45) is -8.12. The van der Waals surface area contributed by atoms with Crippen molar-refractivity contribution in [2.24, 2.45) is 0 Å². The molecular weight excluding hydrogens is 558 g/mol. The summed E-state index contributed by atoms with van der Waals surface area (Å²) >= 11 is 0. The molecule has 2 fully saturated rings. The van der Waals surface area contributed by atoms with E-state index in [1.165, 1.54) is 21.3 Å². The molecule has 41 heavy (non-hydrogen) atoms. The first kappa shape index (κ1) is 29.5. The molecule has 14 heteroatoms. The number of aliphatic hydroxyl groups excluding tert-OH is 4. The molecule has 0 saturated carbocycles. The first-order valence-corrected chi connectivity index (χ1v) is 14.7. The second-order valence-electron chi connectivity index (χ2n) is 10.5. The number of sulfonamides is 1. The number of ether oxygens (including phenoxy) is 3. The maximum absolute atomic E-state index is 13.8. The molecule has 13 nitrogen and oxygen atoms in total. The number of amides is 1. The van der Waals surface area contributed by atoms with Crippen LogP contribution < -0.4 is 18.8 Å². The minimum atomic E-state index is -3.95. The average Bonchev–Trinajstić information content (AvgIpc) is 3.32. The molecule has 2 unspecified atom stereocenters. The van der Waals surface area contributed by atoms with Gasteiger partial charge in [0.25, 0.3) is 15.9 Å². The number of benzene rings is 2. The van der Waals surface area contributed by atoms with Crippen LogP contribution in [0.4, 0.5) is 17.1 Å². The number of hydrogen-bond acceptors (Lipinski definition) is 11. The van der Waals surface area contributed by atoms with E-state index < -0.39 is 59.3 Å². The zero-order chi connectivity index (χ0) is 29.6. The molecule has 3 aliphatic rings. The topological polar surface area (TPSA) is 170 Å². The van der Waals surface area contributed by atoms with Crippen molar-refractivity contribution in [3.63, 3.8) is 0 Å². The van der Waals surface area contributed by atoms with Gasteiger partial charge in [0.2, 0.25) is 0 Å². The minimum absolute atomic E-state index is 0.0661. The Morgan fingerprint density at radius 2 is 1.76 bits per heavy atom. The van der Waals surface area contributed by atoms with Crippen LogP contribution in [0.5, 0.6) is 5.75 Å². The van der Waals surface area contributed by atoms with E-state index in [9.17, 15) is 33.6 Å². The minimum Gasteiger partial charge on any atom is -0.497 e. The lowest BCUT2D eigenvalue weighted by Crippen LogP contribution is -2.60. The Balaban J connectivity index is 1.33. The van der Waals surface area contributed by atoms with Crippen LogP contribution in [0.1, 0.15) is 13.3 Å². The van der Waals surface area contributed by atoms with E-state index in [1.54, 1.807) is 37.4 Å². The van der Waals surface area contributed by atoms with E-state index in [0.717, 1.165) is 5.69 Å². The number of carbonyl (C=O) groups excluding carboxylic acids is 1. The molecule has 224 valence electrons. The molecule has 0 aliphatic carbocycles. The van der Waals surface area contributed by atoms with E-state index in [1.807, 2.05) is 18.9 Å². The van der Waals surface area contributed by atoms with E-state index in [4.69, 9.17) is 14.2 Å². The molecule has 0 spiro atoms. The summed E-state index contributed by atoms with van der Waals surface area (Å²) in [5.74, 6) is 0.173. The number of methoxy groups -OCH3 is 1. The Morgan fingerprint density at radius 1 is 1.05 bits per heavy atom. The second-order valence-corrected chi connectivity index (χ2v) is 12.3. The van der Waals surface area contributed by atoms with Crippen molar-refractivity contribution in [3.05, 3.63) is 42.5 Å². The zero-order valence-corrected chi connectivity index (χ0v) is 23.7. The van der Waals surface area contributed by atoms with Crippen LogP contribution in [0.2, 0.25) is 0 Å². The molecule has 2 saturated heterocycles. The number of rotatable bonds is 7. The summed E-state index contributed by atoms with van der Waals surface area (Å²) in [4.78, 5) is 16.7. The largest absolute Gasteiger partial charge is 0.497 e. The normalized spacial score (nSPS) is 30.5. The Morgan fingerprint density at radius 3 is 2.41 bits per heavy atom. The van der Waals surface area contributed by atoms with Crippen molar-refractivity contribution in [3.8, 4) is 5.75 Å². The lowest BCUT2D eigenvalue weighted by molar-refractivity contribution is -0.298. The van der Waals surface area contributed by atoms with Gasteiger partial charge in [0.05, 0.1) is 36.0 Å². The number of carbonyl (C=O) groups is 1. The predicted octanol–water partition coefficient (Wildman–Crippen LogP) is -0.349. The van der Waals surface area contributed by atoms with E-state index in [2.05, 4.69) is 0 Å². The number of hydrogen-bond donors (Lipinski definition) is 4. The van der Waals surface area contributed by atoms with Crippen LogP contribution in [0.3, 0.4) is 0 Å². The van der Waals surface area contributed by atoms with Crippen molar-refractivity contribution in [2.45, 2.75) is 61.1 Å². The zero-order valence-electron chi connectivity index (χ0n) is 22.9. The highest BCUT2D eigenvalue weighted by Gasteiger charge is 2.47. The highest BCUT2D eigenvalue weighted by molar-refractivity contribution is 7.92. The molecule has 2 aromatic rings. The standard InChI is InChI=1S/C27H35N3O10S/c1-15-13-28(2)20-12-17(38-3)6-9-19(20)30(15)41(36,37)18-7-4-16(5-8-18)29-11-10-21(26(29)34)39-25-23(32)22(14-31)40-27(35)24(25)33/h4-9,12,15,21-25,27,31-33,35H,10-11,13-14H2,1-3H3/t15?,21?,22-,23-,24-,25+,27+/m1/s1. The number of fused-ring (bicyclic) bond motifs is 1. The van der Waals surface area contributed by atoms with Gasteiger partial charge in [-0.3, -0.25) is 9.10 Å². The molecule has 0 aromatic heterocycles. The molecule has 1 amide bonds. The fraction of sp³-hybridized carbons (Fsp3) is 0.519. The van der Waals surface area contributed by atoms with Crippen LogP contribution in [0, 0.1) is 0 Å². The molecule has 0 radical (unpaired) electrons. The van der Waals surface area contributed by atoms with E-state index in [-0.39, 0.29) is 23.9 Å². The van der Waals surface area contributed by atoms with Gasteiger partial charge in [-0.2, -0.15) is 0 Å². The van der Waals surface area contributed by atoms with Crippen molar-refractivity contribution in [2.75, 3.05) is 48.0 Å². The first-order valence-electron chi connectivity index (χ1n) is 13.3. The summed E-state index contributed by atoms with van der Waals surface area (Å²) in [5.41, 5.74) is 1.73. The van der Waals surface area contributed by atoms with Gasteiger partial charge in [0.1, 0.15) is 36.3 Å². The predicted molar refractivity (Wildman–Crippen MR) is 147 cm³/mol. The lowest BCUT2D eigenvalue weighted by atomic mass is 9.99. The highest BCUT2D eigenvalue weighted by Crippen LogP contribution is 2.40. The van der Waals surface area contributed by atoms with Gasteiger partial charge in [0.15, 0.2) is 6.29 Å². The van der Waals surface area contributed by atoms with E-state index >= 15 is 0 Å². The summed E-state index contributed by atoms with van der Waals surface area (Å²) in [6.45, 7) is 1.96. The van der Waals surface area contributed by atoms with Crippen LogP contribution >= 0.6 is 0 Å². The van der Waals surface area contributed by atoms with Gasteiger partial charge in [-0.1, -0.05) is 0 Å². The van der Waals surface area contributed by atoms with Crippen molar-refractivity contribution in [1.29, 1.82) is 0 Å². The monoisotopic (exact) mass is 593 g/mol. The average molecular weight is 594 g/mol. The highest BCUT2D eigenvalue weighted by atomic mass is 32.2. The Labute approximate surface area is 238 Å². The number of anilines is 3. The molecule has 0 bridgehead atoms. The third-order valence-corrected chi connectivity index (χ3v) is 9.74. The Bertz CT molecular complexity index is 1370. The maximum atomic E-state index is 13.8. The molecule has 2 aromatic carbocycles. The molecule has 5 rings (SSSR count). The van der Waals surface area contributed by atoms with Crippen molar-refractivity contribution in [1.82, 2.24) is 0 Å². The van der Waals surface area contributed by atoms with Crippen molar-refractivity contribution < 1.29 is 47.8 Å². The molecule has 3 aliphatic heterocycles. The summed E-state index contributed by atoms with van der Waals surface area (Å²) < 4.78 is 45.0. The summed E-state index contributed by atoms with van der Waals surface area (Å²) in [5, 5.41) is 39.9. The summed E-state index contributed by atoms with van der Waals surface area (Å²) in [6, 6.07) is 10.9. The lowest BCUT2D eigenvalue weighted by Gasteiger charge is -2.41. The van der Waals surface area contributed by atoms with Gasteiger partial charge >= 0.3 is 0 Å². The first-order chi connectivity index (χ1) is 19.5. The van der Waals surface area contributed by atoms with Gasteiger partial charge in [0, 0.05) is 38.3 Å². The second kappa shape index (κ2) is 11.4. The molecule has 4 N–H and O–H groups in total. The van der Waals surface area contributed by atoms with Gasteiger partial charge in [-0.15, -0.1) is 0 Å². The third-order valence-electron chi connectivity index (χ3n) is 7.79. The summed E-state index contributed by atoms with van der Waals surface area (Å²) in [7, 11) is -0.501.